The summed E-state index contributed by atoms with van der Waals surface area (Å²) in [4.78, 5) is 9.91. The number of carbonyl (C=O) groups excluding carboxylic acids is 1. The van der Waals surface area contributed by atoms with Crippen LogP contribution in [0.5, 0.6) is 0 Å². The number of rotatable bonds is 2. The van der Waals surface area contributed by atoms with Gasteiger partial charge in [-0.05, 0) is 0 Å². The monoisotopic (exact) mass is 188 g/mol. The van der Waals surface area contributed by atoms with E-state index in [1.54, 1.807) is 0 Å². The summed E-state index contributed by atoms with van der Waals surface area (Å²) >= 11 is 0. The lowest BCUT2D eigenvalue weighted by Crippen LogP contribution is -2.29. The predicted octanol–water partition coefficient (Wildman–Crippen LogP) is 1.12. The van der Waals surface area contributed by atoms with Gasteiger partial charge in [-0.3, -0.25) is 0 Å². The van der Waals surface area contributed by atoms with E-state index in [1.807, 2.05) is 0 Å². The van der Waals surface area contributed by atoms with Crippen molar-refractivity contribution in [1.82, 2.24) is 10.6 Å². The normalized spacial score (nSPS) is 15.1. The van der Waals surface area contributed by atoms with Gasteiger partial charge in [-0.1, -0.05) is 27.7 Å². The molecule has 2 N–H and O–H groups in total. The Morgan fingerprint density at radius 3 is 1.92 bits per heavy atom. The minimum atomic E-state index is -0.296. The molecule has 0 aromatic carbocycles. The van der Waals surface area contributed by atoms with E-state index in [9.17, 15) is 4.79 Å². The van der Waals surface area contributed by atoms with Gasteiger partial charge in [0, 0.05) is 12.1 Å². The van der Waals surface area contributed by atoms with E-state index in [2.05, 4.69) is 43.1 Å². The van der Waals surface area contributed by atoms with Crippen LogP contribution >= 0.6 is 0 Å². The van der Waals surface area contributed by atoms with E-state index in [0.29, 0.717) is 25.2 Å². The fourth-order valence-corrected chi connectivity index (χ4v) is 1.01. The average molecular weight is 188 g/mol. The Kier molecular flexibility index (Phi) is 6.32. The molecule has 1 saturated heterocycles. The third-order valence-corrected chi connectivity index (χ3v) is 1.27. The minimum absolute atomic E-state index is 0.296. The molecule has 78 valence electrons. The van der Waals surface area contributed by atoms with Gasteiger partial charge in [0.25, 0.3) is 0 Å². The minimum Gasteiger partial charge on any atom is -0.448 e. The average Bonchev–Trinajstić information content (AvgIpc) is 2.37. The summed E-state index contributed by atoms with van der Waals surface area (Å²) < 4.78 is 4.40. The molecular formula is C9H20N2O2. The highest BCUT2D eigenvalue weighted by Gasteiger charge is 2.06. The second-order valence-electron chi connectivity index (χ2n) is 3.54. The summed E-state index contributed by atoms with van der Waals surface area (Å²) in [6.45, 7) is 9.80. The van der Waals surface area contributed by atoms with Crippen LogP contribution in [0.1, 0.15) is 27.7 Å². The second-order valence-corrected chi connectivity index (χ2v) is 3.54. The number of cyclic esters (lactones) is 1. The van der Waals surface area contributed by atoms with E-state index in [1.165, 1.54) is 0 Å². The first-order valence-corrected chi connectivity index (χ1v) is 4.69. The predicted molar refractivity (Wildman–Crippen MR) is 52.8 cm³/mol. The molecule has 0 aromatic rings. The maximum Gasteiger partial charge on any atom is 0.407 e. The number of ether oxygens (including phenoxy) is 1. The van der Waals surface area contributed by atoms with Crippen LogP contribution in [0.4, 0.5) is 4.79 Å². The third-order valence-electron chi connectivity index (χ3n) is 1.27. The van der Waals surface area contributed by atoms with Crippen molar-refractivity contribution >= 4 is 6.09 Å². The van der Waals surface area contributed by atoms with Crippen molar-refractivity contribution in [3.63, 3.8) is 0 Å². The van der Waals surface area contributed by atoms with E-state index in [0.717, 1.165) is 0 Å². The molecule has 1 aliphatic heterocycles. The summed E-state index contributed by atoms with van der Waals surface area (Å²) in [5.41, 5.74) is 0. The van der Waals surface area contributed by atoms with Crippen LogP contribution in [0.2, 0.25) is 0 Å². The van der Waals surface area contributed by atoms with Crippen molar-refractivity contribution < 1.29 is 9.53 Å². The van der Waals surface area contributed by atoms with Gasteiger partial charge in [0.05, 0.1) is 6.54 Å². The van der Waals surface area contributed by atoms with Crippen LogP contribution in [-0.4, -0.2) is 31.3 Å². The van der Waals surface area contributed by atoms with Crippen LogP contribution in [0.3, 0.4) is 0 Å². The van der Waals surface area contributed by atoms with Crippen molar-refractivity contribution in [2.75, 3.05) is 13.2 Å². The number of carbonyl (C=O) groups is 1. The number of hydrogen-bond donors (Lipinski definition) is 2. The van der Waals surface area contributed by atoms with Gasteiger partial charge in [-0.2, -0.15) is 0 Å². The molecule has 0 unspecified atom stereocenters. The molecule has 1 rings (SSSR count). The molecule has 0 bridgehead atoms. The van der Waals surface area contributed by atoms with Gasteiger partial charge < -0.3 is 15.4 Å². The lowest BCUT2D eigenvalue weighted by molar-refractivity contribution is 0.178. The van der Waals surface area contributed by atoms with Gasteiger partial charge in [0.2, 0.25) is 0 Å². The Morgan fingerprint density at radius 1 is 1.31 bits per heavy atom. The molecule has 1 aliphatic rings. The zero-order valence-electron chi connectivity index (χ0n) is 8.89. The van der Waals surface area contributed by atoms with Crippen molar-refractivity contribution in [1.29, 1.82) is 0 Å². The Bertz CT molecular complexity index is 133. The van der Waals surface area contributed by atoms with Gasteiger partial charge >= 0.3 is 6.09 Å². The van der Waals surface area contributed by atoms with Gasteiger partial charge in [0.15, 0.2) is 0 Å². The van der Waals surface area contributed by atoms with E-state index >= 15 is 0 Å². The quantitative estimate of drug-likeness (QED) is 0.682. The highest BCUT2D eigenvalue weighted by atomic mass is 16.6. The Balaban J connectivity index is 0.000000223. The molecule has 4 nitrogen and oxygen atoms in total. The Hall–Kier alpha value is -0.770. The molecule has 4 heteroatoms. The van der Waals surface area contributed by atoms with Crippen LogP contribution in [0.25, 0.3) is 0 Å². The molecule has 1 fully saturated rings. The first-order valence-electron chi connectivity index (χ1n) is 4.69. The van der Waals surface area contributed by atoms with E-state index < -0.39 is 0 Å². The summed E-state index contributed by atoms with van der Waals surface area (Å²) in [6.07, 6.45) is -0.296. The molecular weight excluding hydrogens is 168 g/mol. The second kappa shape index (κ2) is 6.71. The molecule has 0 aromatic heterocycles. The number of amides is 1. The fourth-order valence-electron chi connectivity index (χ4n) is 1.01. The zero-order chi connectivity index (χ0) is 10.3. The lowest BCUT2D eigenvalue weighted by atomic mass is 10.3. The lowest BCUT2D eigenvalue weighted by Gasteiger charge is -2.10. The van der Waals surface area contributed by atoms with Crippen molar-refractivity contribution in [2.45, 2.75) is 39.8 Å². The van der Waals surface area contributed by atoms with Crippen LogP contribution in [0, 0.1) is 0 Å². The summed E-state index contributed by atoms with van der Waals surface area (Å²) in [7, 11) is 0. The molecule has 0 atom stereocenters. The van der Waals surface area contributed by atoms with Crippen LogP contribution in [0.15, 0.2) is 0 Å². The largest absolute Gasteiger partial charge is 0.448 e. The molecule has 0 radical (unpaired) electrons. The number of nitrogens with one attached hydrogen (secondary N) is 2. The number of hydrogen-bond acceptors (Lipinski definition) is 3. The van der Waals surface area contributed by atoms with Crippen LogP contribution < -0.4 is 10.6 Å². The fraction of sp³-hybridized carbons (Fsp3) is 0.889. The zero-order valence-corrected chi connectivity index (χ0v) is 8.89. The molecule has 0 aliphatic carbocycles. The van der Waals surface area contributed by atoms with Crippen molar-refractivity contribution in [3.8, 4) is 0 Å². The highest BCUT2D eigenvalue weighted by molar-refractivity contribution is 5.68. The first-order chi connectivity index (χ1) is 6.02. The van der Waals surface area contributed by atoms with E-state index in [4.69, 9.17) is 0 Å². The maximum absolute atomic E-state index is 9.91. The molecule has 0 saturated carbocycles. The SMILES string of the molecule is CC(C)NC(C)C.O=C1NCCO1. The van der Waals surface area contributed by atoms with Gasteiger partial charge in [-0.25, -0.2) is 4.79 Å². The number of alkyl carbamates (subject to hydrolysis) is 1. The molecule has 13 heavy (non-hydrogen) atoms. The van der Waals surface area contributed by atoms with Crippen molar-refractivity contribution in [3.05, 3.63) is 0 Å². The maximum atomic E-state index is 9.91. The summed E-state index contributed by atoms with van der Waals surface area (Å²) in [5, 5.41) is 5.76. The molecule has 1 amide bonds. The standard InChI is InChI=1S/C6H15N.C3H5NO2/c1-5(2)7-6(3)4;5-3-4-1-2-6-3/h5-7H,1-4H3;1-2H2,(H,4,5). The topological polar surface area (TPSA) is 50.4 Å². The van der Waals surface area contributed by atoms with Gasteiger partial charge in [-0.15, -0.1) is 0 Å². The van der Waals surface area contributed by atoms with Gasteiger partial charge in [0.1, 0.15) is 6.61 Å². The van der Waals surface area contributed by atoms with Crippen LogP contribution in [-0.2, 0) is 4.74 Å². The van der Waals surface area contributed by atoms with E-state index in [-0.39, 0.29) is 6.09 Å². The molecule has 1 heterocycles. The summed E-state index contributed by atoms with van der Waals surface area (Å²) in [5.74, 6) is 0. The Morgan fingerprint density at radius 2 is 1.85 bits per heavy atom. The summed E-state index contributed by atoms with van der Waals surface area (Å²) in [6, 6.07) is 1.25. The molecule has 0 spiro atoms. The van der Waals surface area contributed by atoms with Crippen molar-refractivity contribution in [2.24, 2.45) is 0 Å². The third kappa shape index (κ3) is 9.14. The smallest absolute Gasteiger partial charge is 0.407 e. The Labute approximate surface area is 80.0 Å². The first kappa shape index (κ1) is 12.2. The highest BCUT2D eigenvalue weighted by Crippen LogP contribution is 1.82.